The molecule has 0 aliphatic rings. The zero-order chi connectivity index (χ0) is 12.8. The van der Waals surface area contributed by atoms with E-state index in [-0.39, 0.29) is 24.5 Å². The topological polar surface area (TPSA) is 49.3 Å². The van der Waals surface area contributed by atoms with E-state index in [1.807, 2.05) is 0 Å². The van der Waals surface area contributed by atoms with Crippen molar-refractivity contribution in [3.05, 3.63) is 35.4 Å². The number of hydrogen-bond acceptors (Lipinski definition) is 2. The van der Waals surface area contributed by atoms with Crippen LogP contribution in [0.2, 0.25) is 0 Å². The van der Waals surface area contributed by atoms with Crippen LogP contribution in [-0.4, -0.2) is 24.2 Å². The molecule has 1 unspecified atom stereocenters. The van der Waals surface area contributed by atoms with Crippen molar-refractivity contribution >= 4 is 5.91 Å². The van der Waals surface area contributed by atoms with Gasteiger partial charge in [0.25, 0.3) is 0 Å². The molecule has 0 radical (unpaired) electrons. The minimum atomic E-state index is -0.600. The third-order valence-corrected chi connectivity index (χ3v) is 2.32. The second-order valence-corrected chi connectivity index (χ2v) is 4.00. The first-order valence-electron chi connectivity index (χ1n) is 5.34. The highest BCUT2D eigenvalue weighted by atomic mass is 19.1. The van der Waals surface area contributed by atoms with Crippen molar-refractivity contribution in [2.45, 2.75) is 13.3 Å². The van der Waals surface area contributed by atoms with Gasteiger partial charge in [-0.05, 0) is 24.1 Å². The van der Waals surface area contributed by atoms with Crippen molar-refractivity contribution in [2.75, 3.05) is 13.2 Å². The second kappa shape index (κ2) is 6.30. The number of nitrogens with one attached hydrogen (secondary N) is 1. The van der Waals surface area contributed by atoms with Gasteiger partial charge in [0.15, 0.2) is 0 Å². The monoisotopic (exact) mass is 243 g/mol. The molecule has 0 bridgehead atoms. The summed E-state index contributed by atoms with van der Waals surface area (Å²) in [6, 6.07) is 3.00. The summed E-state index contributed by atoms with van der Waals surface area (Å²) in [5, 5.41) is 11.3. The minimum absolute atomic E-state index is 0.0270. The zero-order valence-electron chi connectivity index (χ0n) is 9.54. The highest BCUT2D eigenvalue weighted by molar-refractivity contribution is 5.78. The second-order valence-electron chi connectivity index (χ2n) is 4.00. The molecular weight excluding hydrogens is 228 g/mol. The van der Waals surface area contributed by atoms with Crippen LogP contribution in [0.3, 0.4) is 0 Å². The van der Waals surface area contributed by atoms with Crippen LogP contribution in [0.25, 0.3) is 0 Å². The molecule has 0 spiro atoms. The molecule has 1 rings (SSSR count). The number of benzene rings is 1. The normalized spacial score (nSPS) is 12.2. The number of aliphatic hydroxyl groups excluding tert-OH is 1. The Kier molecular flexibility index (Phi) is 5.03. The van der Waals surface area contributed by atoms with E-state index in [9.17, 15) is 13.6 Å². The lowest BCUT2D eigenvalue weighted by Crippen LogP contribution is -2.30. The number of rotatable bonds is 5. The molecule has 0 saturated heterocycles. The molecular formula is C12H15F2NO2. The first-order chi connectivity index (χ1) is 8.02. The van der Waals surface area contributed by atoms with Crippen LogP contribution in [0.5, 0.6) is 0 Å². The molecule has 5 heteroatoms. The fourth-order valence-electron chi connectivity index (χ4n) is 1.27. The van der Waals surface area contributed by atoms with Gasteiger partial charge in [-0.2, -0.15) is 0 Å². The molecule has 94 valence electrons. The van der Waals surface area contributed by atoms with Gasteiger partial charge in [-0.15, -0.1) is 0 Å². The van der Waals surface area contributed by atoms with Crippen molar-refractivity contribution in [2.24, 2.45) is 5.92 Å². The van der Waals surface area contributed by atoms with Crippen LogP contribution in [0.15, 0.2) is 18.2 Å². The Labute approximate surface area is 98.5 Å². The number of carbonyl (C=O) groups is 1. The molecule has 1 aromatic rings. The molecule has 3 nitrogen and oxygen atoms in total. The summed E-state index contributed by atoms with van der Waals surface area (Å²) in [6.07, 6.45) is -0.207. The van der Waals surface area contributed by atoms with Gasteiger partial charge in [-0.25, -0.2) is 8.78 Å². The van der Waals surface area contributed by atoms with Crippen molar-refractivity contribution in [3.8, 4) is 0 Å². The minimum Gasteiger partial charge on any atom is -0.396 e. The third-order valence-electron chi connectivity index (χ3n) is 2.32. The summed E-state index contributed by atoms with van der Waals surface area (Å²) in [6.45, 7) is 2.05. The predicted molar refractivity (Wildman–Crippen MR) is 59.3 cm³/mol. The Hall–Kier alpha value is -1.49. The Morgan fingerprint density at radius 1 is 1.47 bits per heavy atom. The van der Waals surface area contributed by atoms with Gasteiger partial charge >= 0.3 is 0 Å². The molecule has 1 aromatic carbocycles. The molecule has 0 heterocycles. The van der Waals surface area contributed by atoms with Crippen molar-refractivity contribution in [1.82, 2.24) is 5.32 Å². The maximum Gasteiger partial charge on any atom is 0.224 e. The molecule has 2 N–H and O–H groups in total. The maximum atomic E-state index is 13.2. The molecule has 0 aromatic heterocycles. The van der Waals surface area contributed by atoms with E-state index < -0.39 is 17.5 Å². The summed E-state index contributed by atoms with van der Waals surface area (Å²) < 4.78 is 26.0. The number of hydrogen-bond donors (Lipinski definition) is 2. The molecule has 0 fully saturated rings. The molecule has 0 aliphatic heterocycles. The smallest absolute Gasteiger partial charge is 0.224 e. The summed E-state index contributed by atoms with van der Waals surface area (Å²) >= 11 is 0. The molecule has 1 amide bonds. The third kappa shape index (κ3) is 4.48. The Bertz CT molecular complexity index is 396. The average Bonchev–Trinajstić information content (AvgIpc) is 2.30. The highest BCUT2D eigenvalue weighted by Crippen LogP contribution is 2.10. The largest absolute Gasteiger partial charge is 0.396 e. The van der Waals surface area contributed by atoms with Crippen LogP contribution in [0, 0.1) is 17.6 Å². The van der Waals surface area contributed by atoms with Crippen molar-refractivity contribution < 1.29 is 18.7 Å². The quantitative estimate of drug-likeness (QED) is 0.817. The number of carbonyl (C=O) groups excluding carboxylic acids is 1. The summed E-state index contributed by atoms with van der Waals surface area (Å²) in [5.41, 5.74) is 0.0270. The van der Waals surface area contributed by atoms with Gasteiger partial charge < -0.3 is 10.4 Å². The Morgan fingerprint density at radius 2 is 2.18 bits per heavy atom. The van der Waals surface area contributed by atoms with Crippen LogP contribution < -0.4 is 5.32 Å². The van der Waals surface area contributed by atoms with E-state index in [4.69, 9.17) is 5.11 Å². The van der Waals surface area contributed by atoms with E-state index in [0.717, 1.165) is 18.2 Å². The fourth-order valence-corrected chi connectivity index (χ4v) is 1.27. The maximum absolute atomic E-state index is 13.2. The highest BCUT2D eigenvalue weighted by Gasteiger charge is 2.10. The summed E-state index contributed by atoms with van der Waals surface area (Å²) in [4.78, 5) is 11.4. The lowest BCUT2D eigenvalue weighted by atomic mass is 10.1. The summed E-state index contributed by atoms with van der Waals surface area (Å²) in [5.74, 6) is -1.62. The van der Waals surface area contributed by atoms with Gasteiger partial charge in [-0.1, -0.05) is 6.92 Å². The van der Waals surface area contributed by atoms with Crippen molar-refractivity contribution in [3.63, 3.8) is 0 Å². The first kappa shape index (κ1) is 13.6. The van der Waals surface area contributed by atoms with Gasteiger partial charge in [0, 0.05) is 18.7 Å². The number of amides is 1. The molecule has 0 aliphatic carbocycles. The van der Waals surface area contributed by atoms with Crippen LogP contribution in [-0.2, 0) is 11.2 Å². The Balaban J connectivity index is 2.53. The predicted octanol–water partition coefficient (Wildman–Crippen LogP) is 1.25. The first-order valence-corrected chi connectivity index (χ1v) is 5.34. The lowest BCUT2D eigenvalue weighted by Gasteiger charge is -2.09. The lowest BCUT2D eigenvalue weighted by molar-refractivity contribution is -0.120. The van der Waals surface area contributed by atoms with Gasteiger partial charge in [0.1, 0.15) is 11.6 Å². The van der Waals surface area contributed by atoms with Crippen LogP contribution in [0.4, 0.5) is 8.78 Å². The summed E-state index contributed by atoms with van der Waals surface area (Å²) in [7, 11) is 0. The average molecular weight is 243 g/mol. The molecule has 17 heavy (non-hydrogen) atoms. The zero-order valence-corrected chi connectivity index (χ0v) is 9.54. The number of halogens is 2. The van der Waals surface area contributed by atoms with E-state index in [2.05, 4.69) is 5.32 Å². The van der Waals surface area contributed by atoms with Gasteiger partial charge in [0.2, 0.25) is 5.91 Å². The fraction of sp³-hybridized carbons (Fsp3) is 0.417. The van der Waals surface area contributed by atoms with Crippen LogP contribution in [0.1, 0.15) is 12.5 Å². The van der Waals surface area contributed by atoms with Crippen LogP contribution >= 0.6 is 0 Å². The SMILES string of the molecule is CC(CO)CNC(=O)Cc1cc(F)ccc1F. The van der Waals surface area contributed by atoms with E-state index >= 15 is 0 Å². The van der Waals surface area contributed by atoms with Crippen molar-refractivity contribution in [1.29, 1.82) is 0 Å². The van der Waals surface area contributed by atoms with Gasteiger partial charge in [-0.3, -0.25) is 4.79 Å². The van der Waals surface area contributed by atoms with Gasteiger partial charge in [0.05, 0.1) is 6.42 Å². The van der Waals surface area contributed by atoms with E-state index in [1.165, 1.54) is 0 Å². The molecule has 0 saturated carbocycles. The standard InChI is InChI=1S/C12H15F2NO2/c1-8(7-16)6-15-12(17)5-9-4-10(13)2-3-11(9)14/h2-4,8,16H,5-7H2,1H3,(H,15,17). The molecule has 1 atom stereocenters. The van der Waals surface area contributed by atoms with E-state index in [1.54, 1.807) is 6.92 Å². The number of aliphatic hydroxyl groups is 1. The van der Waals surface area contributed by atoms with E-state index in [0.29, 0.717) is 6.54 Å². The Morgan fingerprint density at radius 3 is 2.82 bits per heavy atom.